The van der Waals surface area contributed by atoms with E-state index in [0.29, 0.717) is 22.7 Å². The van der Waals surface area contributed by atoms with Gasteiger partial charge in [0.05, 0.1) is 37.0 Å². The number of carbonyl (C=O) groups is 1. The number of H-pyrrole nitrogens is 2. The smallest absolute Gasteiger partial charge is 0.343 e. The average molecular weight is 466 g/mol. The van der Waals surface area contributed by atoms with E-state index in [0.717, 1.165) is 29.2 Å². The van der Waals surface area contributed by atoms with E-state index in [1.54, 1.807) is 7.11 Å². The van der Waals surface area contributed by atoms with Crippen LogP contribution in [0.3, 0.4) is 0 Å². The lowest BCUT2D eigenvalue weighted by atomic mass is 10.1. The summed E-state index contributed by atoms with van der Waals surface area (Å²) in [5, 5.41) is 0. The van der Waals surface area contributed by atoms with Crippen molar-refractivity contribution in [2.75, 3.05) is 14.2 Å². The van der Waals surface area contributed by atoms with Crippen LogP contribution >= 0.6 is 0 Å². The van der Waals surface area contributed by atoms with Crippen molar-refractivity contribution in [1.29, 1.82) is 0 Å². The summed E-state index contributed by atoms with van der Waals surface area (Å²) in [6.07, 6.45) is 18.9. The standard InChI is InChI=1S/C28H39N3O3/c1-5-6-7-8-9-10-11-12-13-14-21-16-17-22(30-21)19-24-27(33-3)25(28(32)34-4)26(31-24)23-18-15-20(2)29-23/h15-19,29,31H,5-14H2,1-4H3/b22-19+. The molecule has 0 saturated heterocycles. The molecule has 3 rings (SSSR count). The van der Waals surface area contributed by atoms with Crippen molar-refractivity contribution in [3.8, 4) is 17.1 Å². The lowest BCUT2D eigenvalue weighted by Crippen LogP contribution is -2.04. The molecule has 0 aliphatic carbocycles. The first-order valence-corrected chi connectivity index (χ1v) is 12.6. The number of nitrogens with one attached hydrogen (secondary N) is 2. The number of aromatic nitrogens is 2. The molecule has 0 saturated carbocycles. The molecule has 6 nitrogen and oxygen atoms in total. The lowest BCUT2D eigenvalue weighted by Gasteiger charge is -2.04. The van der Waals surface area contributed by atoms with Crippen molar-refractivity contribution < 1.29 is 14.3 Å². The predicted molar refractivity (Wildman–Crippen MR) is 140 cm³/mol. The maximum atomic E-state index is 12.6. The van der Waals surface area contributed by atoms with Gasteiger partial charge in [-0.25, -0.2) is 4.79 Å². The molecule has 0 bridgehead atoms. The minimum Gasteiger partial charge on any atom is -0.494 e. The number of rotatable bonds is 14. The highest BCUT2D eigenvalue weighted by Gasteiger charge is 2.26. The number of nitrogens with zero attached hydrogens (tertiary/aromatic N) is 1. The summed E-state index contributed by atoms with van der Waals surface area (Å²) in [5.74, 6) is 0.00844. The highest BCUT2D eigenvalue weighted by atomic mass is 16.5. The van der Waals surface area contributed by atoms with Gasteiger partial charge in [-0.1, -0.05) is 58.3 Å². The fourth-order valence-electron chi connectivity index (χ4n) is 4.37. The molecule has 184 valence electrons. The fourth-order valence-corrected chi connectivity index (χ4v) is 4.37. The first-order valence-electron chi connectivity index (χ1n) is 12.6. The number of allylic oxidation sites excluding steroid dienone is 2. The number of methoxy groups -OCH3 is 2. The van der Waals surface area contributed by atoms with Gasteiger partial charge in [0.25, 0.3) is 0 Å². The van der Waals surface area contributed by atoms with Gasteiger partial charge in [-0.05, 0) is 50.1 Å². The molecule has 0 unspecified atom stereocenters. The Hall–Kier alpha value is -3.02. The van der Waals surface area contributed by atoms with Crippen LogP contribution in [0.4, 0.5) is 0 Å². The molecule has 2 aromatic rings. The normalized spacial score (nSPS) is 14.1. The minimum absolute atomic E-state index is 0.375. The zero-order valence-corrected chi connectivity index (χ0v) is 21.1. The van der Waals surface area contributed by atoms with E-state index in [1.807, 2.05) is 31.2 Å². The molecule has 3 heterocycles. The molecule has 2 N–H and O–H groups in total. The minimum atomic E-state index is -0.448. The Kier molecular flexibility index (Phi) is 9.80. The van der Waals surface area contributed by atoms with Crippen LogP contribution in [0.1, 0.15) is 92.9 Å². The zero-order valence-electron chi connectivity index (χ0n) is 21.1. The second-order valence-corrected chi connectivity index (χ2v) is 8.95. The van der Waals surface area contributed by atoms with Crippen LogP contribution in [0.25, 0.3) is 17.5 Å². The van der Waals surface area contributed by atoms with Crippen LogP contribution in [-0.2, 0) is 4.74 Å². The van der Waals surface area contributed by atoms with Crippen LogP contribution < -0.4 is 4.74 Å². The summed E-state index contributed by atoms with van der Waals surface area (Å²) in [6.45, 7) is 4.23. The molecule has 0 spiro atoms. The predicted octanol–water partition coefficient (Wildman–Crippen LogP) is 7.39. The summed E-state index contributed by atoms with van der Waals surface area (Å²) < 4.78 is 10.6. The van der Waals surface area contributed by atoms with Crippen LogP contribution in [0, 0.1) is 6.92 Å². The Bertz CT molecular complexity index is 1040. The molecule has 6 heteroatoms. The summed E-state index contributed by atoms with van der Waals surface area (Å²) in [6, 6.07) is 3.89. The van der Waals surface area contributed by atoms with Crippen molar-refractivity contribution in [3.05, 3.63) is 46.9 Å². The van der Waals surface area contributed by atoms with Crippen molar-refractivity contribution in [2.45, 2.75) is 78.1 Å². The number of aromatic amines is 2. The maximum absolute atomic E-state index is 12.6. The van der Waals surface area contributed by atoms with Crippen LogP contribution in [0.2, 0.25) is 0 Å². The number of hydrogen-bond acceptors (Lipinski definition) is 4. The maximum Gasteiger partial charge on any atom is 0.343 e. The molecule has 0 amide bonds. The van der Waals surface area contributed by atoms with Gasteiger partial charge in [-0.3, -0.25) is 4.99 Å². The monoisotopic (exact) mass is 465 g/mol. The van der Waals surface area contributed by atoms with Gasteiger partial charge in [-0.15, -0.1) is 0 Å². The average Bonchev–Trinajstić information content (AvgIpc) is 3.56. The summed E-state index contributed by atoms with van der Waals surface area (Å²) in [4.78, 5) is 23.9. The SMILES string of the molecule is CCCCCCCCCCCC1=N/C(=C/c2[nH]c(-c3ccc(C)[nH]3)c(C(=O)OC)c2OC)C=C1. The Morgan fingerprint density at radius 3 is 2.29 bits per heavy atom. The van der Waals surface area contributed by atoms with Crippen LogP contribution in [0.15, 0.2) is 35.0 Å². The highest BCUT2D eigenvalue weighted by molar-refractivity contribution is 6.02. The van der Waals surface area contributed by atoms with E-state index in [9.17, 15) is 4.79 Å². The third-order valence-corrected chi connectivity index (χ3v) is 6.22. The van der Waals surface area contributed by atoms with Gasteiger partial charge in [0.2, 0.25) is 0 Å². The molecule has 2 aromatic heterocycles. The third-order valence-electron chi connectivity index (χ3n) is 6.22. The number of aliphatic imine (C=N–C) groups is 1. The quantitative estimate of drug-likeness (QED) is 0.225. The van der Waals surface area contributed by atoms with E-state index in [1.165, 1.54) is 64.9 Å². The summed E-state index contributed by atoms with van der Waals surface area (Å²) in [7, 11) is 2.93. The fraction of sp³-hybridized carbons (Fsp3) is 0.500. The third kappa shape index (κ3) is 6.75. The van der Waals surface area contributed by atoms with Crippen LogP contribution in [0.5, 0.6) is 5.75 Å². The number of esters is 1. The Morgan fingerprint density at radius 1 is 0.971 bits per heavy atom. The first-order chi connectivity index (χ1) is 16.6. The molecule has 1 aliphatic heterocycles. The van der Waals surface area contributed by atoms with E-state index >= 15 is 0 Å². The van der Waals surface area contributed by atoms with Gasteiger partial charge in [0.15, 0.2) is 5.75 Å². The largest absolute Gasteiger partial charge is 0.494 e. The molecular formula is C28H39N3O3. The van der Waals surface area contributed by atoms with E-state index in [4.69, 9.17) is 14.5 Å². The van der Waals surface area contributed by atoms with Gasteiger partial charge < -0.3 is 19.4 Å². The zero-order chi connectivity index (χ0) is 24.3. The number of hydrogen-bond donors (Lipinski definition) is 2. The van der Waals surface area contributed by atoms with Crippen molar-refractivity contribution >= 4 is 17.8 Å². The number of ether oxygens (including phenoxy) is 2. The van der Waals surface area contributed by atoms with Crippen molar-refractivity contribution in [2.24, 2.45) is 4.99 Å². The van der Waals surface area contributed by atoms with Crippen molar-refractivity contribution in [3.63, 3.8) is 0 Å². The van der Waals surface area contributed by atoms with Gasteiger partial charge in [-0.2, -0.15) is 0 Å². The second kappa shape index (κ2) is 13.0. The molecule has 34 heavy (non-hydrogen) atoms. The highest BCUT2D eigenvalue weighted by Crippen LogP contribution is 2.36. The number of carbonyl (C=O) groups excluding carboxylic acids is 1. The molecular weight excluding hydrogens is 426 g/mol. The topological polar surface area (TPSA) is 79.5 Å². The van der Waals surface area contributed by atoms with E-state index in [2.05, 4.69) is 23.0 Å². The van der Waals surface area contributed by atoms with Gasteiger partial charge in [0.1, 0.15) is 5.56 Å². The lowest BCUT2D eigenvalue weighted by molar-refractivity contribution is 0.0598. The second-order valence-electron chi connectivity index (χ2n) is 8.95. The Morgan fingerprint density at radius 2 is 1.68 bits per heavy atom. The van der Waals surface area contributed by atoms with Gasteiger partial charge in [0, 0.05) is 11.4 Å². The first kappa shape index (κ1) is 25.6. The number of unbranched alkanes of at least 4 members (excludes halogenated alkanes) is 8. The summed E-state index contributed by atoms with van der Waals surface area (Å²) >= 11 is 0. The van der Waals surface area contributed by atoms with E-state index in [-0.39, 0.29) is 0 Å². The van der Waals surface area contributed by atoms with Crippen molar-refractivity contribution in [1.82, 2.24) is 9.97 Å². The Balaban J connectivity index is 1.64. The van der Waals surface area contributed by atoms with Crippen LogP contribution in [-0.4, -0.2) is 35.9 Å². The van der Waals surface area contributed by atoms with E-state index < -0.39 is 5.97 Å². The summed E-state index contributed by atoms with van der Waals surface area (Å²) in [5.41, 5.74) is 5.47. The van der Waals surface area contributed by atoms with Gasteiger partial charge >= 0.3 is 5.97 Å². The molecule has 0 atom stereocenters. The Labute approximate surface area is 203 Å². The molecule has 0 fully saturated rings. The molecule has 0 radical (unpaired) electrons. The molecule has 0 aromatic carbocycles. The molecule has 1 aliphatic rings. The number of aryl methyl sites for hydroxylation is 1.